The molecule has 1 N–H and O–H groups in total. The number of aromatic nitrogens is 2. The molecule has 1 aliphatic heterocycles. The highest BCUT2D eigenvalue weighted by molar-refractivity contribution is 5.95. The predicted molar refractivity (Wildman–Crippen MR) is 152 cm³/mol. The summed E-state index contributed by atoms with van der Waals surface area (Å²) in [5, 5.41) is 5.07. The van der Waals surface area contributed by atoms with E-state index in [0.717, 1.165) is 16.5 Å². The second-order valence-electron chi connectivity index (χ2n) is 10.7. The molecule has 1 saturated heterocycles. The Hall–Kier alpha value is -4.39. The molecule has 2 aromatic heterocycles. The van der Waals surface area contributed by atoms with E-state index in [2.05, 4.69) is 15.1 Å². The van der Waals surface area contributed by atoms with E-state index >= 15 is 0 Å². The average Bonchev–Trinajstić information content (AvgIpc) is 3.39. The van der Waals surface area contributed by atoms with Crippen LogP contribution in [0.15, 0.2) is 78.2 Å². The zero-order chi connectivity index (χ0) is 31.5. The van der Waals surface area contributed by atoms with Gasteiger partial charge in [0.2, 0.25) is 0 Å². The Balaban J connectivity index is 1.39. The molecule has 3 heterocycles. The van der Waals surface area contributed by atoms with E-state index in [1.54, 1.807) is 31.5 Å². The molecule has 5 rings (SSSR count). The normalized spacial score (nSPS) is 16.8. The van der Waals surface area contributed by atoms with Gasteiger partial charge in [-0.2, -0.15) is 26.3 Å². The Morgan fingerprint density at radius 3 is 2.39 bits per heavy atom. The Kier molecular flexibility index (Phi) is 8.95. The fraction of sp³-hybridized carbons (Fsp3) is 0.323. The molecule has 1 aliphatic rings. The standard InChI is InChI=1S/C31H29F6N5O2/c1-20(40-44-19-25-6-4-5-9-38-25)17-41-10-11-42(26(18-41)14-22-16-39-28-8-3-2-7-27(22)28)29(43)21-12-23(30(32,33)34)15-24(13-21)31(35,36)37/h2-9,12-13,15-16,26,39H,10-11,14,17-19H2,1H3/b40-20+/t26-/m1/s1. The van der Waals surface area contributed by atoms with E-state index < -0.39 is 41.0 Å². The Labute approximate surface area is 249 Å². The number of nitrogens with zero attached hydrogens (tertiary/aromatic N) is 4. The van der Waals surface area contributed by atoms with Crippen molar-refractivity contribution in [2.24, 2.45) is 5.16 Å². The molecule has 232 valence electrons. The summed E-state index contributed by atoms with van der Waals surface area (Å²) in [6.45, 7) is 3.08. The van der Waals surface area contributed by atoms with Gasteiger partial charge in [0.05, 0.1) is 22.5 Å². The summed E-state index contributed by atoms with van der Waals surface area (Å²) in [6.07, 6.45) is -6.35. The van der Waals surface area contributed by atoms with Crippen molar-refractivity contribution in [3.8, 4) is 0 Å². The minimum Gasteiger partial charge on any atom is -0.389 e. The van der Waals surface area contributed by atoms with Crippen molar-refractivity contribution in [1.29, 1.82) is 0 Å². The summed E-state index contributed by atoms with van der Waals surface area (Å²) in [6, 6.07) is 13.4. The molecule has 0 aliphatic carbocycles. The number of rotatable bonds is 8. The highest BCUT2D eigenvalue weighted by Gasteiger charge is 2.39. The van der Waals surface area contributed by atoms with Crippen molar-refractivity contribution in [1.82, 2.24) is 19.8 Å². The number of amides is 1. The largest absolute Gasteiger partial charge is 0.416 e. The smallest absolute Gasteiger partial charge is 0.389 e. The van der Waals surface area contributed by atoms with Gasteiger partial charge in [0.1, 0.15) is 0 Å². The van der Waals surface area contributed by atoms with Crippen molar-refractivity contribution in [2.45, 2.75) is 38.3 Å². The number of fused-ring (bicyclic) bond motifs is 1. The number of carbonyl (C=O) groups excluding carboxylic acids is 1. The molecule has 1 fully saturated rings. The van der Waals surface area contributed by atoms with Crippen molar-refractivity contribution < 1.29 is 36.0 Å². The molecule has 1 atom stereocenters. The fourth-order valence-electron chi connectivity index (χ4n) is 5.35. The van der Waals surface area contributed by atoms with Gasteiger partial charge in [-0.1, -0.05) is 29.4 Å². The highest BCUT2D eigenvalue weighted by Crippen LogP contribution is 2.37. The van der Waals surface area contributed by atoms with E-state index in [4.69, 9.17) is 4.84 Å². The van der Waals surface area contributed by atoms with Crippen LogP contribution in [-0.4, -0.2) is 63.6 Å². The van der Waals surface area contributed by atoms with Crippen LogP contribution in [0.3, 0.4) is 0 Å². The van der Waals surface area contributed by atoms with Crippen LogP contribution in [0.1, 0.15) is 39.7 Å². The van der Waals surface area contributed by atoms with Gasteiger partial charge in [-0.15, -0.1) is 0 Å². The highest BCUT2D eigenvalue weighted by atomic mass is 19.4. The average molecular weight is 618 g/mol. The Morgan fingerprint density at radius 1 is 1.00 bits per heavy atom. The molecule has 2 aromatic carbocycles. The van der Waals surface area contributed by atoms with E-state index in [1.807, 2.05) is 35.2 Å². The van der Waals surface area contributed by atoms with E-state index in [9.17, 15) is 31.1 Å². The third-order valence-corrected chi connectivity index (χ3v) is 7.40. The summed E-state index contributed by atoms with van der Waals surface area (Å²) < 4.78 is 81.3. The van der Waals surface area contributed by atoms with Crippen molar-refractivity contribution >= 4 is 22.5 Å². The molecule has 0 bridgehead atoms. The third kappa shape index (κ3) is 7.39. The van der Waals surface area contributed by atoms with Gasteiger partial charge >= 0.3 is 12.4 Å². The molecule has 0 saturated carbocycles. The van der Waals surface area contributed by atoms with Crippen LogP contribution < -0.4 is 0 Å². The van der Waals surface area contributed by atoms with Gasteiger partial charge in [-0.25, -0.2) is 0 Å². The second-order valence-corrected chi connectivity index (χ2v) is 10.7. The lowest BCUT2D eigenvalue weighted by Gasteiger charge is -2.41. The van der Waals surface area contributed by atoms with Gasteiger partial charge in [-0.3, -0.25) is 14.7 Å². The summed E-state index contributed by atoms with van der Waals surface area (Å²) in [4.78, 5) is 29.9. The van der Waals surface area contributed by atoms with Gasteiger partial charge in [0.15, 0.2) is 6.61 Å². The zero-order valence-electron chi connectivity index (χ0n) is 23.6. The van der Waals surface area contributed by atoms with Crippen LogP contribution in [0.25, 0.3) is 10.9 Å². The second kappa shape index (κ2) is 12.7. The molecule has 0 spiro atoms. The molecule has 44 heavy (non-hydrogen) atoms. The number of benzene rings is 2. The summed E-state index contributed by atoms with van der Waals surface area (Å²) >= 11 is 0. The van der Waals surface area contributed by atoms with Gasteiger partial charge in [0, 0.05) is 61.1 Å². The van der Waals surface area contributed by atoms with Gasteiger partial charge in [-0.05, 0) is 55.3 Å². The van der Waals surface area contributed by atoms with Crippen molar-refractivity contribution in [3.63, 3.8) is 0 Å². The number of aromatic amines is 1. The lowest BCUT2D eigenvalue weighted by atomic mass is 9.98. The monoisotopic (exact) mass is 617 g/mol. The number of nitrogens with one attached hydrogen (secondary N) is 1. The molecular formula is C31H29F6N5O2. The van der Waals surface area contributed by atoms with Crippen LogP contribution in [0.2, 0.25) is 0 Å². The first-order valence-corrected chi connectivity index (χ1v) is 13.8. The third-order valence-electron chi connectivity index (χ3n) is 7.40. The number of oxime groups is 1. The maximum Gasteiger partial charge on any atom is 0.416 e. The SMILES string of the molecule is C/C(CN1CCN(C(=O)c2cc(C(F)(F)F)cc(C(F)(F)F)c2)[C@H](Cc2c[nH]c3ccccc23)C1)=N\OCc1ccccn1. The number of hydrogen-bond donors (Lipinski definition) is 1. The van der Waals surface area contributed by atoms with Crippen LogP contribution >= 0.6 is 0 Å². The number of carbonyl (C=O) groups is 1. The van der Waals surface area contributed by atoms with E-state index in [0.29, 0.717) is 49.6 Å². The lowest BCUT2D eigenvalue weighted by molar-refractivity contribution is -0.143. The van der Waals surface area contributed by atoms with Crippen LogP contribution in [-0.2, 0) is 30.2 Å². The fourth-order valence-corrected chi connectivity index (χ4v) is 5.35. The number of para-hydroxylation sites is 1. The van der Waals surface area contributed by atoms with Crippen LogP contribution in [0.4, 0.5) is 26.3 Å². The minimum atomic E-state index is -5.06. The zero-order valence-corrected chi connectivity index (χ0v) is 23.6. The first kappa shape index (κ1) is 31.0. The molecule has 7 nitrogen and oxygen atoms in total. The molecule has 0 unspecified atom stereocenters. The molecule has 1 amide bonds. The maximum absolute atomic E-state index is 13.7. The number of H-pyrrole nitrogens is 1. The number of halogens is 6. The molecule has 4 aromatic rings. The van der Waals surface area contributed by atoms with Crippen LogP contribution in [0.5, 0.6) is 0 Å². The summed E-state index contributed by atoms with van der Waals surface area (Å²) in [5.41, 5.74) is -0.620. The van der Waals surface area contributed by atoms with E-state index in [-0.39, 0.29) is 19.2 Å². The number of hydrogen-bond acceptors (Lipinski definition) is 5. The summed E-state index contributed by atoms with van der Waals surface area (Å²) in [7, 11) is 0. The van der Waals surface area contributed by atoms with Gasteiger partial charge < -0.3 is 14.7 Å². The first-order chi connectivity index (χ1) is 20.9. The van der Waals surface area contributed by atoms with Crippen LogP contribution in [0, 0.1) is 0 Å². The lowest BCUT2D eigenvalue weighted by Crippen LogP contribution is -2.56. The van der Waals surface area contributed by atoms with Crippen molar-refractivity contribution in [2.75, 3.05) is 26.2 Å². The van der Waals surface area contributed by atoms with E-state index in [1.165, 1.54) is 4.90 Å². The molecule has 0 radical (unpaired) electrons. The number of piperazine rings is 1. The maximum atomic E-state index is 13.7. The molecule has 13 heteroatoms. The summed E-state index contributed by atoms with van der Waals surface area (Å²) in [5.74, 6) is -0.893. The number of alkyl halides is 6. The minimum absolute atomic E-state index is 0.0240. The predicted octanol–water partition coefficient (Wildman–Crippen LogP) is 6.56. The topological polar surface area (TPSA) is 73.8 Å². The molecular weight excluding hydrogens is 588 g/mol. The Morgan fingerprint density at radius 2 is 1.70 bits per heavy atom. The van der Waals surface area contributed by atoms with Gasteiger partial charge in [0.25, 0.3) is 5.91 Å². The number of pyridine rings is 1. The quantitative estimate of drug-likeness (QED) is 0.138. The van der Waals surface area contributed by atoms with Crippen molar-refractivity contribution in [3.05, 3.63) is 101 Å². The first-order valence-electron chi connectivity index (χ1n) is 13.8. The Bertz CT molecular complexity index is 1600.